The minimum Gasteiger partial charge on any atom is -0.451 e. The predicted molar refractivity (Wildman–Crippen MR) is 92.7 cm³/mol. The molecular formula is C16H15ClN2O5S. The van der Waals surface area contributed by atoms with Crippen LogP contribution in [0.15, 0.2) is 24.3 Å². The molecule has 1 aromatic carbocycles. The summed E-state index contributed by atoms with van der Waals surface area (Å²) >= 11 is 7.00. The van der Waals surface area contributed by atoms with E-state index in [1.54, 1.807) is 38.1 Å². The summed E-state index contributed by atoms with van der Waals surface area (Å²) in [6, 6.07) is 7.04. The second-order valence-electron chi connectivity index (χ2n) is 4.79. The Balaban J connectivity index is 1.99. The van der Waals surface area contributed by atoms with Crippen molar-refractivity contribution in [3.8, 4) is 10.6 Å². The highest BCUT2D eigenvalue weighted by Crippen LogP contribution is 2.29. The lowest BCUT2D eigenvalue weighted by Crippen LogP contribution is -2.34. The molecule has 9 heteroatoms. The van der Waals surface area contributed by atoms with E-state index in [0.717, 1.165) is 16.9 Å². The van der Waals surface area contributed by atoms with Gasteiger partial charge in [-0.3, -0.25) is 10.1 Å². The summed E-state index contributed by atoms with van der Waals surface area (Å²) in [5, 5.41) is 3.17. The van der Waals surface area contributed by atoms with E-state index in [4.69, 9.17) is 16.3 Å². The van der Waals surface area contributed by atoms with Crippen molar-refractivity contribution in [1.82, 2.24) is 10.3 Å². The molecule has 1 aromatic heterocycles. The van der Waals surface area contributed by atoms with Crippen molar-refractivity contribution in [2.75, 3.05) is 13.2 Å². The van der Waals surface area contributed by atoms with Gasteiger partial charge in [-0.25, -0.2) is 14.6 Å². The van der Waals surface area contributed by atoms with Crippen LogP contribution in [0, 0.1) is 6.92 Å². The maximum absolute atomic E-state index is 12.1. The number of aromatic nitrogens is 1. The summed E-state index contributed by atoms with van der Waals surface area (Å²) in [5.74, 6) is -1.46. The Morgan fingerprint density at radius 1 is 1.20 bits per heavy atom. The van der Waals surface area contributed by atoms with Crippen LogP contribution in [0.1, 0.15) is 22.3 Å². The van der Waals surface area contributed by atoms with Gasteiger partial charge in [0, 0.05) is 10.6 Å². The minimum atomic E-state index is -0.887. The van der Waals surface area contributed by atoms with Crippen molar-refractivity contribution >= 4 is 40.9 Å². The summed E-state index contributed by atoms with van der Waals surface area (Å²) in [4.78, 5) is 39.3. The number of carbonyl (C=O) groups excluding carboxylic acids is 3. The number of benzene rings is 1. The molecule has 2 amide bonds. The molecule has 0 atom stereocenters. The Kier molecular flexibility index (Phi) is 6.49. The lowest BCUT2D eigenvalue weighted by molar-refractivity contribution is -0.123. The molecule has 25 heavy (non-hydrogen) atoms. The number of imide groups is 1. The van der Waals surface area contributed by atoms with Crippen LogP contribution in [0.5, 0.6) is 0 Å². The summed E-state index contributed by atoms with van der Waals surface area (Å²) < 4.78 is 9.46. The highest BCUT2D eigenvalue weighted by atomic mass is 35.5. The van der Waals surface area contributed by atoms with Crippen LogP contribution in [0.2, 0.25) is 5.02 Å². The third-order valence-electron chi connectivity index (χ3n) is 2.92. The SMILES string of the molecule is CCOC(=O)NC(=O)COC(=O)c1sc(-c2ccc(Cl)cc2)nc1C. The summed E-state index contributed by atoms with van der Waals surface area (Å²) in [5.41, 5.74) is 1.31. The summed E-state index contributed by atoms with van der Waals surface area (Å²) in [6.45, 7) is 2.82. The van der Waals surface area contributed by atoms with E-state index >= 15 is 0 Å². The first-order chi connectivity index (χ1) is 11.9. The molecule has 0 unspecified atom stereocenters. The van der Waals surface area contributed by atoms with Gasteiger partial charge in [0.05, 0.1) is 12.3 Å². The van der Waals surface area contributed by atoms with Gasteiger partial charge in [-0.2, -0.15) is 0 Å². The number of aryl methyl sites for hydroxylation is 1. The van der Waals surface area contributed by atoms with Crippen LogP contribution in [0.25, 0.3) is 10.6 Å². The summed E-state index contributed by atoms with van der Waals surface area (Å²) in [7, 11) is 0. The number of hydrogen-bond acceptors (Lipinski definition) is 7. The number of hydrogen-bond donors (Lipinski definition) is 1. The number of esters is 1. The fourth-order valence-corrected chi connectivity index (χ4v) is 2.91. The quantitative estimate of drug-likeness (QED) is 0.798. The second kappa shape index (κ2) is 8.59. The largest absolute Gasteiger partial charge is 0.451 e. The molecule has 2 aromatic rings. The van der Waals surface area contributed by atoms with Crippen LogP contribution in [-0.4, -0.2) is 36.2 Å². The molecule has 0 radical (unpaired) electrons. The zero-order valence-corrected chi connectivity index (χ0v) is 15.1. The number of amides is 2. The molecule has 0 saturated carbocycles. The Labute approximate surface area is 152 Å². The molecule has 2 rings (SSSR count). The average Bonchev–Trinajstić information content (AvgIpc) is 2.95. The minimum absolute atomic E-state index is 0.131. The fourth-order valence-electron chi connectivity index (χ4n) is 1.82. The van der Waals surface area contributed by atoms with Gasteiger partial charge in [-0.05, 0) is 26.0 Å². The van der Waals surface area contributed by atoms with Gasteiger partial charge in [0.25, 0.3) is 5.91 Å². The number of nitrogens with one attached hydrogen (secondary N) is 1. The highest BCUT2D eigenvalue weighted by molar-refractivity contribution is 7.17. The Morgan fingerprint density at radius 2 is 1.88 bits per heavy atom. The van der Waals surface area contributed by atoms with Crippen molar-refractivity contribution in [3.63, 3.8) is 0 Å². The molecule has 132 valence electrons. The van der Waals surface area contributed by atoms with Gasteiger partial charge < -0.3 is 9.47 Å². The predicted octanol–water partition coefficient (Wildman–Crippen LogP) is 3.20. The Morgan fingerprint density at radius 3 is 2.52 bits per heavy atom. The maximum Gasteiger partial charge on any atom is 0.413 e. The zero-order valence-electron chi connectivity index (χ0n) is 13.5. The van der Waals surface area contributed by atoms with E-state index in [1.165, 1.54) is 0 Å². The number of rotatable bonds is 5. The van der Waals surface area contributed by atoms with Crippen LogP contribution in [-0.2, 0) is 14.3 Å². The molecule has 0 fully saturated rings. The number of thiazole rings is 1. The molecule has 0 aliphatic heterocycles. The Hall–Kier alpha value is -2.45. The van der Waals surface area contributed by atoms with Gasteiger partial charge in [-0.15, -0.1) is 11.3 Å². The van der Waals surface area contributed by atoms with Gasteiger partial charge in [0.1, 0.15) is 9.88 Å². The molecule has 0 aliphatic rings. The first-order valence-corrected chi connectivity index (χ1v) is 8.47. The van der Waals surface area contributed by atoms with E-state index < -0.39 is 24.6 Å². The van der Waals surface area contributed by atoms with Gasteiger partial charge in [-0.1, -0.05) is 23.7 Å². The standard InChI is InChI=1S/C16H15ClN2O5S/c1-3-23-16(22)19-12(20)8-24-15(21)13-9(2)18-14(25-13)10-4-6-11(17)7-5-10/h4-7H,3,8H2,1-2H3,(H,19,20,22). The molecule has 0 aliphatic carbocycles. The highest BCUT2D eigenvalue weighted by Gasteiger charge is 2.19. The van der Waals surface area contributed by atoms with Crippen molar-refractivity contribution < 1.29 is 23.9 Å². The number of ether oxygens (including phenoxy) is 2. The molecule has 1 N–H and O–H groups in total. The zero-order chi connectivity index (χ0) is 18.4. The first kappa shape index (κ1) is 18.9. The van der Waals surface area contributed by atoms with Crippen LogP contribution in [0.4, 0.5) is 4.79 Å². The van der Waals surface area contributed by atoms with Crippen molar-refractivity contribution in [3.05, 3.63) is 39.9 Å². The number of nitrogens with zero attached hydrogens (tertiary/aromatic N) is 1. The molecular weight excluding hydrogens is 368 g/mol. The van der Waals surface area contributed by atoms with Crippen LogP contribution < -0.4 is 5.32 Å². The van der Waals surface area contributed by atoms with Crippen molar-refractivity contribution in [2.45, 2.75) is 13.8 Å². The fraction of sp³-hybridized carbons (Fsp3) is 0.250. The van der Waals surface area contributed by atoms with Crippen LogP contribution in [0.3, 0.4) is 0 Å². The van der Waals surface area contributed by atoms with E-state index in [-0.39, 0.29) is 11.5 Å². The average molecular weight is 383 g/mol. The van der Waals surface area contributed by atoms with E-state index in [1.807, 2.05) is 5.32 Å². The van der Waals surface area contributed by atoms with Crippen LogP contribution >= 0.6 is 22.9 Å². The topological polar surface area (TPSA) is 94.6 Å². The maximum atomic E-state index is 12.1. The lowest BCUT2D eigenvalue weighted by atomic mass is 10.2. The van der Waals surface area contributed by atoms with Crippen molar-refractivity contribution in [2.24, 2.45) is 0 Å². The van der Waals surface area contributed by atoms with Gasteiger partial charge >= 0.3 is 12.1 Å². The normalized spacial score (nSPS) is 10.2. The molecule has 1 heterocycles. The van der Waals surface area contributed by atoms with Gasteiger partial charge in [0.15, 0.2) is 6.61 Å². The summed E-state index contributed by atoms with van der Waals surface area (Å²) in [6.07, 6.45) is -0.887. The first-order valence-electron chi connectivity index (χ1n) is 7.27. The van der Waals surface area contributed by atoms with E-state index in [9.17, 15) is 14.4 Å². The van der Waals surface area contributed by atoms with E-state index in [0.29, 0.717) is 15.7 Å². The monoisotopic (exact) mass is 382 g/mol. The number of carbonyl (C=O) groups is 3. The van der Waals surface area contributed by atoms with Crippen molar-refractivity contribution in [1.29, 1.82) is 0 Å². The third-order valence-corrected chi connectivity index (χ3v) is 4.36. The lowest BCUT2D eigenvalue weighted by Gasteiger charge is -2.05. The molecule has 7 nitrogen and oxygen atoms in total. The molecule has 0 bridgehead atoms. The second-order valence-corrected chi connectivity index (χ2v) is 6.22. The number of halogens is 1. The smallest absolute Gasteiger partial charge is 0.413 e. The van der Waals surface area contributed by atoms with Gasteiger partial charge in [0.2, 0.25) is 0 Å². The Bertz CT molecular complexity index is 788. The van der Waals surface area contributed by atoms with E-state index in [2.05, 4.69) is 9.72 Å². The third kappa shape index (κ3) is 5.27. The molecule has 0 spiro atoms. The number of alkyl carbamates (subject to hydrolysis) is 1. The molecule has 0 saturated heterocycles.